The Bertz CT molecular complexity index is 1270. The molecule has 1 aliphatic heterocycles. The van der Waals surface area contributed by atoms with Crippen molar-refractivity contribution in [2.75, 3.05) is 13.2 Å². The van der Waals surface area contributed by atoms with E-state index in [0.717, 1.165) is 0 Å². The van der Waals surface area contributed by atoms with E-state index < -0.39 is 72.5 Å². The number of aliphatic hydroxyl groups excluding tert-OH is 1. The van der Waals surface area contributed by atoms with Crippen LogP contribution >= 0.6 is 0 Å². The lowest BCUT2D eigenvalue weighted by Gasteiger charge is -2.32. The van der Waals surface area contributed by atoms with Crippen molar-refractivity contribution in [3.8, 4) is 5.75 Å². The van der Waals surface area contributed by atoms with Crippen LogP contribution in [0.25, 0.3) is 0 Å². The molecule has 0 radical (unpaired) electrons. The van der Waals surface area contributed by atoms with Gasteiger partial charge in [0.05, 0.1) is 12.5 Å². The van der Waals surface area contributed by atoms with Crippen molar-refractivity contribution in [2.45, 2.75) is 76.3 Å². The van der Waals surface area contributed by atoms with Gasteiger partial charge in [0, 0.05) is 6.54 Å². The molecule has 1 heterocycles. The predicted octanol–water partition coefficient (Wildman–Crippen LogP) is 0.847. The number of carbonyl (C=O) groups excluding carboxylic acids is 5. The summed E-state index contributed by atoms with van der Waals surface area (Å²) in [6.07, 6.45) is -1.33. The molecule has 0 bridgehead atoms. The number of nitrogens with two attached hydrogens (primary N) is 1. The maximum Gasteiger partial charge on any atom is 0.329 e. The zero-order valence-electron chi connectivity index (χ0n) is 24.7. The average molecular weight is 597 g/mol. The van der Waals surface area contributed by atoms with Crippen LogP contribution in [-0.4, -0.2) is 82.6 Å². The summed E-state index contributed by atoms with van der Waals surface area (Å²) in [7, 11) is 0. The van der Waals surface area contributed by atoms with E-state index in [-0.39, 0.29) is 13.0 Å². The Kier molecular flexibility index (Phi) is 11.6. The van der Waals surface area contributed by atoms with Gasteiger partial charge in [-0.3, -0.25) is 19.2 Å². The topological polar surface area (TPSA) is 177 Å². The number of ether oxygens (including phenoxy) is 2. The third kappa shape index (κ3) is 10.4. The number of carbonyl (C=O) groups is 5. The van der Waals surface area contributed by atoms with Gasteiger partial charge in [0.25, 0.3) is 11.8 Å². The zero-order chi connectivity index (χ0) is 31.6. The number of rotatable bonds is 13. The minimum absolute atomic E-state index is 0.0405. The summed E-state index contributed by atoms with van der Waals surface area (Å²) in [5, 5.41) is 16.3. The predicted molar refractivity (Wildman–Crippen MR) is 156 cm³/mol. The maximum absolute atomic E-state index is 13.5. The van der Waals surface area contributed by atoms with Crippen molar-refractivity contribution in [1.82, 2.24) is 15.5 Å². The zero-order valence-corrected chi connectivity index (χ0v) is 24.7. The number of esters is 1. The number of nitrogens with one attached hydrogen (secondary N) is 2. The standard InChI is InChI=1S/C31H40N4O8/c1-31(2,3)43-30(41)24-15-10-16-35(24)29(40)27(38)22(17-20-11-6-4-7-12-20)34-28(39)23(18-25(32)36)33-26(37)19-42-21-13-8-5-9-14-21/h4-9,11-14,22-24,27,38H,10,15-19H2,1-3H3,(H2,32,36)(H,33,37)(H,34,39)/t22-,23-,24-,27-/m0/s1. The lowest BCUT2D eigenvalue weighted by atomic mass is 9.99. The maximum atomic E-state index is 13.5. The molecule has 3 rings (SSSR count). The third-order valence-corrected chi connectivity index (χ3v) is 6.65. The first-order chi connectivity index (χ1) is 20.3. The summed E-state index contributed by atoms with van der Waals surface area (Å²) < 4.78 is 10.9. The Hall–Kier alpha value is -4.45. The normalized spacial score (nSPS) is 16.8. The number of likely N-dealkylation sites (tertiary alicyclic amines) is 1. The molecule has 2 aromatic carbocycles. The van der Waals surface area contributed by atoms with E-state index in [9.17, 15) is 29.1 Å². The number of primary amides is 1. The molecule has 1 fully saturated rings. The molecule has 1 saturated heterocycles. The first-order valence-electron chi connectivity index (χ1n) is 14.2. The van der Waals surface area contributed by atoms with Gasteiger partial charge < -0.3 is 35.8 Å². The molecule has 5 N–H and O–H groups in total. The van der Waals surface area contributed by atoms with E-state index >= 15 is 0 Å². The highest BCUT2D eigenvalue weighted by Crippen LogP contribution is 2.23. The molecule has 0 spiro atoms. The third-order valence-electron chi connectivity index (χ3n) is 6.65. The van der Waals surface area contributed by atoms with Crippen LogP contribution in [0.3, 0.4) is 0 Å². The summed E-state index contributed by atoms with van der Waals surface area (Å²) >= 11 is 0. The van der Waals surface area contributed by atoms with Gasteiger partial charge in [-0.05, 0) is 57.7 Å². The van der Waals surface area contributed by atoms with Crippen molar-refractivity contribution in [3.05, 3.63) is 66.2 Å². The Balaban J connectivity index is 1.76. The minimum atomic E-state index is -1.75. The van der Waals surface area contributed by atoms with Crippen LogP contribution in [0, 0.1) is 0 Å². The van der Waals surface area contributed by atoms with Crippen LogP contribution in [0.4, 0.5) is 0 Å². The Labute approximate surface area is 250 Å². The molecule has 12 nitrogen and oxygen atoms in total. The van der Waals surface area contributed by atoms with Gasteiger partial charge in [-0.25, -0.2) is 4.79 Å². The van der Waals surface area contributed by atoms with Gasteiger partial charge >= 0.3 is 5.97 Å². The van der Waals surface area contributed by atoms with E-state index in [4.69, 9.17) is 15.2 Å². The van der Waals surface area contributed by atoms with E-state index in [1.165, 1.54) is 4.90 Å². The number of hydrogen-bond acceptors (Lipinski definition) is 8. The van der Waals surface area contributed by atoms with Crippen LogP contribution < -0.4 is 21.1 Å². The molecule has 4 atom stereocenters. The van der Waals surface area contributed by atoms with E-state index in [1.807, 2.05) is 0 Å². The molecule has 0 aromatic heterocycles. The Morgan fingerprint density at radius 2 is 1.63 bits per heavy atom. The van der Waals surface area contributed by atoms with Gasteiger partial charge in [-0.1, -0.05) is 48.5 Å². The minimum Gasteiger partial charge on any atom is -0.484 e. The molecule has 2 aromatic rings. The number of amides is 4. The quantitative estimate of drug-likeness (QED) is 0.246. The molecule has 43 heavy (non-hydrogen) atoms. The number of nitrogens with zero attached hydrogens (tertiary/aromatic N) is 1. The lowest BCUT2D eigenvalue weighted by Crippen LogP contribution is -2.58. The number of hydrogen-bond donors (Lipinski definition) is 4. The van der Waals surface area contributed by atoms with Crippen LogP contribution in [0.5, 0.6) is 5.75 Å². The second kappa shape index (κ2) is 15.1. The summed E-state index contributed by atoms with van der Waals surface area (Å²) in [6.45, 7) is 4.97. The fraction of sp³-hybridized carbons (Fsp3) is 0.452. The summed E-state index contributed by atoms with van der Waals surface area (Å²) in [5.41, 5.74) is 5.29. The summed E-state index contributed by atoms with van der Waals surface area (Å²) in [6, 6.07) is 14.0. The van der Waals surface area contributed by atoms with Crippen molar-refractivity contribution < 1.29 is 38.6 Å². The molecule has 0 saturated carbocycles. The Morgan fingerprint density at radius 3 is 2.23 bits per heavy atom. The number of benzene rings is 2. The summed E-state index contributed by atoms with van der Waals surface area (Å²) in [5.74, 6) is -3.25. The van der Waals surface area contributed by atoms with Gasteiger partial charge in [-0.15, -0.1) is 0 Å². The van der Waals surface area contributed by atoms with E-state index in [2.05, 4.69) is 10.6 Å². The van der Waals surface area contributed by atoms with Crippen molar-refractivity contribution in [3.63, 3.8) is 0 Å². The van der Waals surface area contributed by atoms with Crippen LogP contribution in [0.15, 0.2) is 60.7 Å². The molecule has 1 aliphatic rings. The lowest BCUT2D eigenvalue weighted by molar-refractivity contribution is -0.165. The Morgan fingerprint density at radius 1 is 1.00 bits per heavy atom. The van der Waals surface area contributed by atoms with Gasteiger partial charge in [0.1, 0.15) is 23.4 Å². The fourth-order valence-electron chi connectivity index (χ4n) is 4.69. The molecule has 12 heteroatoms. The molecule has 232 valence electrons. The fourth-order valence-corrected chi connectivity index (χ4v) is 4.69. The second-order valence-electron chi connectivity index (χ2n) is 11.4. The number of para-hydroxylation sites is 1. The van der Waals surface area contributed by atoms with Crippen LogP contribution in [-0.2, 0) is 35.1 Å². The first kappa shape index (κ1) is 33.1. The van der Waals surface area contributed by atoms with Gasteiger partial charge in [0.15, 0.2) is 12.7 Å². The highest BCUT2D eigenvalue weighted by atomic mass is 16.6. The monoisotopic (exact) mass is 596 g/mol. The van der Waals surface area contributed by atoms with E-state index in [0.29, 0.717) is 24.2 Å². The van der Waals surface area contributed by atoms with Crippen LogP contribution in [0.2, 0.25) is 0 Å². The summed E-state index contributed by atoms with van der Waals surface area (Å²) in [4.78, 5) is 65.4. The second-order valence-corrected chi connectivity index (χ2v) is 11.4. The smallest absolute Gasteiger partial charge is 0.329 e. The molecular weight excluding hydrogens is 556 g/mol. The largest absolute Gasteiger partial charge is 0.484 e. The molecule has 0 unspecified atom stereocenters. The van der Waals surface area contributed by atoms with E-state index in [1.54, 1.807) is 81.4 Å². The number of aliphatic hydroxyl groups is 1. The first-order valence-corrected chi connectivity index (χ1v) is 14.2. The van der Waals surface area contributed by atoms with Gasteiger partial charge in [0.2, 0.25) is 11.8 Å². The average Bonchev–Trinajstić information content (AvgIpc) is 3.45. The van der Waals surface area contributed by atoms with Crippen LogP contribution in [0.1, 0.15) is 45.6 Å². The van der Waals surface area contributed by atoms with Crippen molar-refractivity contribution in [1.29, 1.82) is 0 Å². The highest BCUT2D eigenvalue weighted by Gasteiger charge is 2.41. The molecular formula is C31H40N4O8. The highest BCUT2D eigenvalue weighted by molar-refractivity contribution is 5.93. The molecule has 0 aliphatic carbocycles. The molecule has 4 amide bonds. The van der Waals surface area contributed by atoms with Crippen molar-refractivity contribution in [2.24, 2.45) is 5.73 Å². The van der Waals surface area contributed by atoms with Gasteiger partial charge in [-0.2, -0.15) is 0 Å². The SMILES string of the molecule is CC(C)(C)OC(=O)[C@@H]1CCCN1C(=O)[C@@H](O)[C@H](Cc1ccccc1)NC(=O)[C@H](CC(N)=O)NC(=O)COc1ccccc1. The van der Waals surface area contributed by atoms with Crippen molar-refractivity contribution >= 4 is 29.6 Å².